The van der Waals surface area contributed by atoms with Crippen molar-refractivity contribution in [1.29, 1.82) is 0 Å². The van der Waals surface area contributed by atoms with Crippen LogP contribution in [0.25, 0.3) is 0 Å². The second-order valence-corrected chi connectivity index (χ2v) is 12.7. The Labute approximate surface area is 225 Å². The van der Waals surface area contributed by atoms with Gasteiger partial charge in [-0.2, -0.15) is 0 Å². The molecule has 0 unspecified atom stereocenters. The smallest absolute Gasteiger partial charge is 0.259 e. The molecule has 184 valence electrons. The van der Waals surface area contributed by atoms with Crippen molar-refractivity contribution in [2.45, 2.75) is 40.0 Å². The summed E-state index contributed by atoms with van der Waals surface area (Å²) in [6.45, 7) is 6.91. The third-order valence-electron chi connectivity index (χ3n) is 6.59. The predicted molar refractivity (Wildman–Crippen MR) is 154 cm³/mol. The van der Waals surface area contributed by atoms with Crippen LogP contribution in [0.4, 0.5) is 16.4 Å². The number of nitrogens with zero attached hydrogens (tertiary/aromatic N) is 2. The normalized spacial score (nSPS) is 15.8. The zero-order valence-corrected chi connectivity index (χ0v) is 23.9. The van der Waals surface area contributed by atoms with Crippen LogP contribution in [0.3, 0.4) is 0 Å². The molecular weight excluding hydrogens is 542 g/mol. The molecule has 35 heavy (non-hydrogen) atoms. The summed E-state index contributed by atoms with van der Waals surface area (Å²) in [4.78, 5) is 21.7. The Morgan fingerprint density at radius 2 is 1.91 bits per heavy atom. The topological polar surface area (TPSA) is 44.7 Å². The van der Waals surface area contributed by atoms with E-state index in [9.17, 15) is 4.79 Å². The summed E-state index contributed by atoms with van der Waals surface area (Å²) in [7, 11) is 4.03. The summed E-state index contributed by atoms with van der Waals surface area (Å²) < 4.78 is 1.01. The zero-order valence-electron chi connectivity index (χ0n) is 20.8. The first-order chi connectivity index (χ1) is 16.5. The minimum atomic E-state index is -0.115. The van der Waals surface area contributed by atoms with E-state index in [0.717, 1.165) is 51.2 Å². The molecule has 1 amide bonds. The molecule has 1 aromatic heterocycles. The molecule has 1 aliphatic rings. The van der Waals surface area contributed by atoms with Crippen LogP contribution >= 0.6 is 38.9 Å². The number of hydrogen-bond acceptors (Lipinski definition) is 4. The van der Waals surface area contributed by atoms with Crippen molar-refractivity contribution < 1.29 is 4.79 Å². The van der Waals surface area contributed by atoms with E-state index >= 15 is 0 Å². The third-order valence-corrected chi connectivity index (χ3v) is 8.63. The third kappa shape index (κ3) is 5.99. The molecule has 0 saturated carbocycles. The molecule has 0 bridgehead atoms. The number of carbonyl (C=O) groups is 1. The Kier molecular flexibility index (Phi) is 7.74. The fourth-order valence-corrected chi connectivity index (χ4v) is 6.61. The predicted octanol–water partition coefficient (Wildman–Crippen LogP) is 8.38. The van der Waals surface area contributed by atoms with Gasteiger partial charge in [0, 0.05) is 40.4 Å². The summed E-state index contributed by atoms with van der Waals surface area (Å²) in [5, 5.41) is 4.46. The van der Waals surface area contributed by atoms with Gasteiger partial charge in [0.15, 0.2) is 0 Å². The zero-order chi connectivity index (χ0) is 25.3. The van der Waals surface area contributed by atoms with Gasteiger partial charge >= 0.3 is 0 Å². The Hall–Kier alpha value is -2.15. The number of fused-ring (bicyclic) bond motifs is 1. The van der Waals surface area contributed by atoms with E-state index in [1.807, 2.05) is 38.5 Å². The standard InChI is InChI=1S/C28H31BrClN3OS/c1-28(2,3)18-7-12-21-24(15-18)35-27(25(21)26(34)32-20-10-8-19(30)9-11-20)31-16-17-6-13-23(33(4)5)22(29)14-17/h6,8-11,13-14,16,18H,7,12,15H2,1-5H3,(H,32,34)/t18-/m1/s1. The van der Waals surface area contributed by atoms with E-state index in [4.69, 9.17) is 16.6 Å². The van der Waals surface area contributed by atoms with Gasteiger partial charge in [0.25, 0.3) is 5.91 Å². The number of carbonyl (C=O) groups excluding carboxylic acids is 1. The molecule has 7 heteroatoms. The fourth-order valence-electron chi connectivity index (χ4n) is 4.46. The van der Waals surface area contributed by atoms with E-state index in [-0.39, 0.29) is 11.3 Å². The van der Waals surface area contributed by atoms with Crippen molar-refractivity contribution in [3.63, 3.8) is 0 Å². The SMILES string of the molecule is CN(C)c1ccc(C=Nc2sc3c(c2C(=O)Nc2ccc(Cl)cc2)CC[C@@H](C(C)(C)C)C3)cc1Br. The van der Waals surface area contributed by atoms with Crippen molar-refractivity contribution in [2.75, 3.05) is 24.3 Å². The highest BCUT2D eigenvalue weighted by atomic mass is 79.9. The lowest BCUT2D eigenvalue weighted by Gasteiger charge is -2.33. The highest BCUT2D eigenvalue weighted by molar-refractivity contribution is 9.10. The second kappa shape index (κ2) is 10.5. The number of hydrogen-bond donors (Lipinski definition) is 1. The number of benzene rings is 2. The molecule has 0 radical (unpaired) electrons. The van der Waals surface area contributed by atoms with Crippen molar-refractivity contribution in [3.05, 3.63) is 73.5 Å². The maximum Gasteiger partial charge on any atom is 0.259 e. The van der Waals surface area contributed by atoms with Crippen LogP contribution in [-0.4, -0.2) is 26.2 Å². The van der Waals surface area contributed by atoms with Crippen LogP contribution in [0.1, 0.15) is 53.6 Å². The first kappa shape index (κ1) is 25.9. The van der Waals surface area contributed by atoms with Crippen molar-refractivity contribution in [1.82, 2.24) is 0 Å². The lowest BCUT2D eigenvalue weighted by Crippen LogP contribution is -2.27. The molecule has 1 aliphatic carbocycles. The van der Waals surface area contributed by atoms with Gasteiger partial charge in [0.2, 0.25) is 0 Å². The van der Waals surface area contributed by atoms with Crippen molar-refractivity contribution in [2.24, 2.45) is 16.3 Å². The average Bonchev–Trinajstić information content (AvgIpc) is 3.16. The summed E-state index contributed by atoms with van der Waals surface area (Å²) in [5.74, 6) is 0.475. The maximum atomic E-state index is 13.5. The van der Waals surface area contributed by atoms with E-state index in [0.29, 0.717) is 16.5 Å². The van der Waals surface area contributed by atoms with Crippen LogP contribution < -0.4 is 10.2 Å². The van der Waals surface area contributed by atoms with Gasteiger partial charge in [-0.05, 0) is 94.1 Å². The molecular formula is C28H31BrClN3OS. The number of thiophene rings is 1. The summed E-state index contributed by atoms with van der Waals surface area (Å²) in [5.41, 5.74) is 4.89. The Balaban J connectivity index is 1.69. The van der Waals surface area contributed by atoms with E-state index in [2.05, 4.69) is 59.1 Å². The number of rotatable bonds is 5. The number of anilines is 2. The molecule has 1 N–H and O–H groups in total. The summed E-state index contributed by atoms with van der Waals surface area (Å²) >= 11 is 11.3. The van der Waals surface area contributed by atoms with Gasteiger partial charge in [-0.15, -0.1) is 11.3 Å². The lowest BCUT2D eigenvalue weighted by atomic mass is 9.72. The van der Waals surface area contributed by atoms with Gasteiger partial charge < -0.3 is 10.2 Å². The first-order valence-electron chi connectivity index (χ1n) is 11.8. The van der Waals surface area contributed by atoms with E-state index in [1.165, 1.54) is 4.88 Å². The van der Waals surface area contributed by atoms with Crippen LogP contribution in [0, 0.1) is 11.3 Å². The number of aliphatic imine (C=N–C) groups is 1. The van der Waals surface area contributed by atoms with Gasteiger partial charge in [-0.1, -0.05) is 38.4 Å². The van der Waals surface area contributed by atoms with E-state index < -0.39 is 0 Å². The quantitative estimate of drug-likeness (QED) is 0.312. The number of amides is 1. The molecule has 0 aliphatic heterocycles. The first-order valence-corrected chi connectivity index (χ1v) is 13.7. The van der Waals surface area contributed by atoms with Gasteiger partial charge in [-0.3, -0.25) is 4.79 Å². The summed E-state index contributed by atoms with van der Waals surface area (Å²) in [6, 6.07) is 13.4. The Bertz CT molecular complexity index is 1260. The molecule has 1 heterocycles. The minimum Gasteiger partial charge on any atom is -0.377 e. The molecule has 2 aromatic carbocycles. The Morgan fingerprint density at radius 3 is 2.54 bits per heavy atom. The largest absolute Gasteiger partial charge is 0.377 e. The molecule has 4 nitrogen and oxygen atoms in total. The number of halogens is 2. The van der Waals surface area contributed by atoms with Gasteiger partial charge in [-0.25, -0.2) is 4.99 Å². The highest BCUT2D eigenvalue weighted by Gasteiger charge is 2.33. The van der Waals surface area contributed by atoms with Crippen LogP contribution in [0.15, 0.2) is 51.9 Å². The molecule has 4 rings (SSSR count). The molecule has 0 spiro atoms. The fraction of sp³-hybridized carbons (Fsp3) is 0.357. The van der Waals surface area contributed by atoms with Crippen LogP contribution in [0.2, 0.25) is 5.02 Å². The molecule has 1 atom stereocenters. The van der Waals surface area contributed by atoms with Crippen LogP contribution in [0.5, 0.6) is 0 Å². The van der Waals surface area contributed by atoms with Crippen molar-refractivity contribution >= 4 is 67.4 Å². The average molecular weight is 573 g/mol. The maximum absolute atomic E-state index is 13.5. The molecule has 0 fully saturated rings. The van der Waals surface area contributed by atoms with Gasteiger partial charge in [0.05, 0.1) is 11.3 Å². The Morgan fingerprint density at radius 1 is 1.20 bits per heavy atom. The lowest BCUT2D eigenvalue weighted by molar-refractivity contribution is 0.102. The molecule has 0 saturated heterocycles. The van der Waals surface area contributed by atoms with Crippen LogP contribution in [-0.2, 0) is 12.8 Å². The summed E-state index contributed by atoms with van der Waals surface area (Å²) in [6.07, 6.45) is 4.82. The highest BCUT2D eigenvalue weighted by Crippen LogP contribution is 2.45. The van der Waals surface area contributed by atoms with Crippen molar-refractivity contribution in [3.8, 4) is 0 Å². The van der Waals surface area contributed by atoms with E-state index in [1.54, 1.807) is 23.5 Å². The minimum absolute atomic E-state index is 0.115. The number of nitrogens with one attached hydrogen (secondary N) is 1. The molecule has 3 aromatic rings. The second-order valence-electron chi connectivity index (χ2n) is 10.3. The van der Waals surface area contributed by atoms with Gasteiger partial charge in [0.1, 0.15) is 5.00 Å². The monoisotopic (exact) mass is 571 g/mol.